The van der Waals surface area contributed by atoms with Gasteiger partial charge in [0.1, 0.15) is 12.2 Å². The Balaban J connectivity index is 1.72. The Kier molecular flexibility index (Phi) is 6.76. The first-order chi connectivity index (χ1) is 14.6. The molecule has 0 bridgehead atoms. The summed E-state index contributed by atoms with van der Waals surface area (Å²) in [5.74, 6) is -0.308. The number of aliphatic hydroxyl groups excluding tert-OH is 1. The van der Waals surface area contributed by atoms with E-state index in [1.165, 1.54) is 0 Å². The maximum absolute atomic E-state index is 14.5. The van der Waals surface area contributed by atoms with Crippen molar-refractivity contribution in [2.45, 2.75) is 24.6 Å². The molecule has 1 fully saturated rings. The monoisotopic (exact) mass is 525 g/mol. The Morgan fingerprint density at radius 2 is 1.88 bits per heavy atom. The van der Waals surface area contributed by atoms with Crippen molar-refractivity contribution in [1.82, 2.24) is 19.5 Å². The lowest BCUT2D eigenvalue weighted by Crippen LogP contribution is -2.30. The maximum Gasteiger partial charge on any atom is 0.490 e. The Hall–Kier alpha value is -1.59. The number of fused-ring (bicyclic) bond motifs is 1. The number of anilines is 1. The molecular weight excluding hydrogens is 510 g/mol. The molecule has 1 saturated heterocycles. The van der Waals surface area contributed by atoms with Gasteiger partial charge in [0.2, 0.25) is 5.95 Å². The number of hydrogen-bond donors (Lipinski definition) is 7. The second kappa shape index (κ2) is 8.64. The molecule has 32 heavy (non-hydrogen) atoms. The number of nitrogens with zero attached hydrogens (tertiary/aromatic N) is 3. The molecule has 2 unspecified atom stereocenters. The number of imidazole rings is 1. The number of aromatic amines is 1. The number of aliphatic hydroxyl groups is 1. The van der Waals surface area contributed by atoms with Crippen molar-refractivity contribution in [1.29, 1.82) is 0 Å². The van der Waals surface area contributed by atoms with Gasteiger partial charge in [0.25, 0.3) is 5.56 Å². The molecule has 0 radical (unpaired) electrons. The van der Waals surface area contributed by atoms with Crippen LogP contribution in [0.3, 0.4) is 0 Å². The van der Waals surface area contributed by atoms with Crippen LogP contribution >= 0.6 is 23.5 Å². The zero-order valence-electron chi connectivity index (χ0n) is 15.2. The van der Waals surface area contributed by atoms with Crippen LogP contribution in [0.2, 0.25) is 0 Å². The normalized spacial score (nSPS) is 27.9. The van der Waals surface area contributed by atoms with Gasteiger partial charge in [0, 0.05) is 0 Å². The van der Waals surface area contributed by atoms with Crippen molar-refractivity contribution in [3.63, 3.8) is 0 Å². The summed E-state index contributed by atoms with van der Waals surface area (Å²) in [6.45, 7) is -1.14. The summed E-state index contributed by atoms with van der Waals surface area (Å²) >= 11 is 0. The topological polar surface area (TPSA) is 279 Å². The number of H-pyrrole nitrogens is 1. The standard InChI is InChI=1S/C10H15FN5O13P3/c11-4-3(1-26-31(22,23)29-32(24,25)28-30(19,20)21)27-9(6(4)17)16-2-13-5-7(16)14-10(12)15-8(5)18/h2-4,6,9,17H,1H2,(H,22,23)(H,24,25)(H2,19,20,21)(H3,12,14,15,18)/t3-,4-,6-,9-/m1/s1. The van der Waals surface area contributed by atoms with Gasteiger partial charge in [0.15, 0.2) is 23.6 Å². The average molecular weight is 525 g/mol. The summed E-state index contributed by atoms with van der Waals surface area (Å²) in [4.78, 5) is 57.1. The molecule has 1 aliphatic rings. The van der Waals surface area contributed by atoms with Crippen LogP contribution in [0, 0.1) is 0 Å². The first-order valence-corrected chi connectivity index (χ1v) is 12.6. The Bertz CT molecular complexity index is 1210. The SMILES string of the molecule is Nc1nc2c(ncn2[C@@H]2O[C@H](COP(=O)(O)OP(=O)(O)OP(=O)(O)O)[C@@H](F)[C@H]2O)c(=O)[nH]1. The fourth-order valence-electron chi connectivity index (χ4n) is 2.67. The molecule has 0 amide bonds. The molecule has 6 atom stereocenters. The maximum atomic E-state index is 14.5. The van der Waals surface area contributed by atoms with Crippen LogP contribution in [-0.2, 0) is 31.6 Å². The molecule has 22 heteroatoms. The second-order valence-corrected chi connectivity index (χ2v) is 10.6. The van der Waals surface area contributed by atoms with Gasteiger partial charge in [-0.1, -0.05) is 0 Å². The molecule has 0 saturated carbocycles. The molecule has 8 N–H and O–H groups in total. The number of ether oxygens (including phenoxy) is 1. The van der Waals surface area contributed by atoms with E-state index in [1.54, 1.807) is 0 Å². The van der Waals surface area contributed by atoms with Gasteiger partial charge >= 0.3 is 23.5 Å². The minimum Gasteiger partial charge on any atom is -0.385 e. The number of halogens is 1. The number of aromatic nitrogens is 4. The number of nitrogen functional groups attached to an aromatic ring is 1. The zero-order chi connectivity index (χ0) is 24.1. The van der Waals surface area contributed by atoms with Crippen LogP contribution in [0.4, 0.5) is 10.3 Å². The number of rotatable bonds is 8. The van der Waals surface area contributed by atoms with E-state index < -0.39 is 60.2 Å². The van der Waals surface area contributed by atoms with Gasteiger partial charge in [0.05, 0.1) is 12.9 Å². The molecule has 2 aromatic heterocycles. The third-order valence-electron chi connectivity index (χ3n) is 3.83. The molecule has 2 aromatic rings. The minimum absolute atomic E-state index is 0.170. The van der Waals surface area contributed by atoms with E-state index in [1.807, 2.05) is 0 Å². The van der Waals surface area contributed by atoms with Crippen molar-refractivity contribution in [2.75, 3.05) is 12.3 Å². The van der Waals surface area contributed by atoms with Gasteiger partial charge < -0.3 is 35.2 Å². The first kappa shape index (κ1) is 25.0. The van der Waals surface area contributed by atoms with Gasteiger partial charge in [-0.3, -0.25) is 18.9 Å². The molecule has 3 rings (SSSR count). The van der Waals surface area contributed by atoms with Crippen LogP contribution in [-0.4, -0.2) is 69.2 Å². The lowest BCUT2D eigenvalue weighted by atomic mass is 10.1. The minimum atomic E-state index is -5.76. The van der Waals surface area contributed by atoms with Gasteiger partial charge in [-0.15, -0.1) is 0 Å². The van der Waals surface area contributed by atoms with Crippen LogP contribution in [0.15, 0.2) is 11.1 Å². The number of nitrogens with one attached hydrogen (secondary N) is 1. The number of alkyl halides is 1. The second-order valence-electron chi connectivity index (χ2n) is 6.16. The predicted molar refractivity (Wildman–Crippen MR) is 97.2 cm³/mol. The molecule has 1 aliphatic heterocycles. The quantitative estimate of drug-likeness (QED) is 0.196. The highest BCUT2D eigenvalue weighted by Crippen LogP contribution is 2.66. The van der Waals surface area contributed by atoms with Crippen molar-refractivity contribution in [3.05, 3.63) is 16.7 Å². The summed E-state index contributed by atoms with van der Waals surface area (Å²) in [7, 11) is -16.9. The fraction of sp³-hybridized carbons (Fsp3) is 0.500. The number of phosphoric ester groups is 1. The fourth-order valence-corrected chi connectivity index (χ4v) is 5.70. The molecule has 180 valence electrons. The molecule has 3 heterocycles. The molecule has 0 aromatic carbocycles. The lowest BCUT2D eigenvalue weighted by molar-refractivity contribution is -0.0489. The Labute approximate surface area is 175 Å². The largest absolute Gasteiger partial charge is 0.490 e. The van der Waals surface area contributed by atoms with E-state index >= 15 is 0 Å². The molecule has 18 nitrogen and oxygen atoms in total. The average Bonchev–Trinajstić information content (AvgIpc) is 3.12. The molecule has 0 aliphatic carbocycles. The van der Waals surface area contributed by atoms with Gasteiger partial charge in [-0.25, -0.2) is 23.1 Å². The molecular formula is C10H15FN5O13P3. The summed E-state index contributed by atoms with van der Waals surface area (Å²) in [6.07, 6.45) is -6.46. The van der Waals surface area contributed by atoms with E-state index in [-0.39, 0.29) is 17.1 Å². The highest BCUT2D eigenvalue weighted by molar-refractivity contribution is 7.66. The van der Waals surface area contributed by atoms with Crippen molar-refractivity contribution >= 4 is 40.6 Å². The summed E-state index contributed by atoms with van der Waals surface area (Å²) in [5.41, 5.74) is 4.35. The highest BCUT2D eigenvalue weighted by atomic mass is 31.3. The Morgan fingerprint density at radius 1 is 1.22 bits per heavy atom. The van der Waals surface area contributed by atoms with Crippen LogP contribution in [0.5, 0.6) is 0 Å². The van der Waals surface area contributed by atoms with E-state index in [0.717, 1.165) is 10.9 Å². The highest BCUT2D eigenvalue weighted by Gasteiger charge is 2.48. The van der Waals surface area contributed by atoms with E-state index in [2.05, 4.69) is 28.1 Å². The third kappa shape index (κ3) is 5.66. The number of nitrogens with two attached hydrogens (primary N) is 1. The smallest absolute Gasteiger partial charge is 0.385 e. The van der Waals surface area contributed by atoms with Gasteiger partial charge in [-0.2, -0.15) is 13.6 Å². The number of hydrogen-bond acceptors (Lipinski definition) is 12. The third-order valence-corrected chi connectivity index (χ3v) is 7.63. The van der Waals surface area contributed by atoms with Gasteiger partial charge in [-0.05, 0) is 0 Å². The Morgan fingerprint density at radius 3 is 2.50 bits per heavy atom. The van der Waals surface area contributed by atoms with E-state index in [4.69, 9.17) is 25.2 Å². The summed E-state index contributed by atoms with van der Waals surface area (Å²) in [6, 6.07) is 0. The van der Waals surface area contributed by atoms with Crippen LogP contribution in [0.25, 0.3) is 11.2 Å². The number of phosphoric acid groups is 3. The van der Waals surface area contributed by atoms with Crippen molar-refractivity contribution in [2.24, 2.45) is 0 Å². The van der Waals surface area contributed by atoms with E-state index in [0.29, 0.717) is 0 Å². The zero-order valence-corrected chi connectivity index (χ0v) is 17.9. The van der Waals surface area contributed by atoms with E-state index in [9.17, 15) is 32.9 Å². The lowest BCUT2D eigenvalue weighted by Gasteiger charge is -2.18. The first-order valence-electron chi connectivity index (χ1n) is 8.07. The molecule has 0 spiro atoms. The predicted octanol–water partition coefficient (Wildman–Crippen LogP) is -1.36. The van der Waals surface area contributed by atoms with Crippen LogP contribution in [0.1, 0.15) is 6.23 Å². The van der Waals surface area contributed by atoms with Crippen molar-refractivity contribution < 1.29 is 60.6 Å². The van der Waals surface area contributed by atoms with Crippen LogP contribution < -0.4 is 11.3 Å². The summed E-state index contributed by atoms with van der Waals surface area (Å²) < 4.78 is 65.7. The summed E-state index contributed by atoms with van der Waals surface area (Å²) in [5, 5.41) is 10.1. The van der Waals surface area contributed by atoms with Crippen molar-refractivity contribution in [3.8, 4) is 0 Å².